The highest BCUT2D eigenvalue weighted by atomic mass is 16.4. The van der Waals surface area contributed by atoms with E-state index >= 15 is 0 Å². The van der Waals surface area contributed by atoms with Crippen LogP contribution in [0.3, 0.4) is 0 Å². The Balaban J connectivity index is 2.14. The minimum atomic E-state index is -0.933. The molecule has 0 saturated heterocycles. The molecule has 0 spiro atoms. The lowest BCUT2D eigenvalue weighted by molar-refractivity contribution is 0.0695. The van der Waals surface area contributed by atoms with Crippen LogP contribution in [0.25, 0.3) is 0 Å². The largest absolute Gasteiger partial charge is 0.478 e. The number of rotatable bonds is 7. The molecule has 110 valence electrons. The number of carboxylic acid groups (broad SMARTS) is 1. The molecular weight excluding hydrogens is 252 g/mol. The van der Waals surface area contributed by atoms with Crippen molar-refractivity contribution in [1.29, 1.82) is 0 Å². The average Bonchev–Trinajstić information content (AvgIpc) is 3.17. The van der Waals surface area contributed by atoms with Gasteiger partial charge < -0.3 is 10.8 Å². The van der Waals surface area contributed by atoms with E-state index in [4.69, 9.17) is 5.73 Å². The first-order valence-corrected chi connectivity index (χ1v) is 7.33. The van der Waals surface area contributed by atoms with Crippen molar-refractivity contribution in [2.45, 2.75) is 45.7 Å². The van der Waals surface area contributed by atoms with E-state index in [1.165, 1.54) is 12.8 Å². The van der Waals surface area contributed by atoms with Gasteiger partial charge in [0, 0.05) is 18.3 Å². The van der Waals surface area contributed by atoms with Gasteiger partial charge in [-0.15, -0.1) is 0 Å². The van der Waals surface area contributed by atoms with Crippen LogP contribution in [0.1, 0.15) is 49.0 Å². The Labute approximate surface area is 120 Å². The smallest absolute Gasteiger partial charge is 0.338 e. The van der Waals surface area contributed by atoms with Crippen molar-refractivity contribution in [1.82, 2.24) is 4.90 Å². The van der Waals surface area contributed by atoms with Gasteiger partial charge in [0.25, 0.3) is 0 Å². The van der Waals surface area contributed by atoms with Gasteiger partial charge in [-0.3, -0.25) is 4.90 Å². The summed E-state index contributed by atoms with van der Waals surface area (Å²) in [5, 5.41) is 9.33. The Morgan fingerprint density at radius 3 is 2.70 bits per heavy atom. The zero-order valence-electron chi connectivity index (χ0n) is 12.3. The molecule has 0 aromatic heterocycles. The van der Waals surface area contributed by atoms with E-state index in [0.29, 0.717) is 24.2 Å². The molecule has 0 aliphatic heterocycles. The summed E-state index contributed by atoms with van der Waals surface area (Å²) in [6.45, 7) is 6.14. The van der Waals surface area contributed by atoms with Crippen LogP contribution in [0, 0.1) is 5.92 Å². The van der Waals surface area contributed by atoms with E-state index in [1.807, 2.05) is 12.1 Å². The molecule has 1 aromatic rings. The van der Waals surface area contributed by atoms with Crippen LogP contribution in [0.15, 0.2) is 18.2 Å². The van der Waals surface area contributed by atoms with Crippen molar-refractivity contribution in [3.63, 3.8) is 0 Å². The van der Waals surface area contributed by atoms with Crippen molar-refractivity contribution in [2.75, 3.05) is 12.3 Å². The second kappa shape index (κ2) is 6.27. The van der Waals surface area contributed by atoms with Gasteiger partial charge >= 0.3 is 5.97 Å². The third-order valence-electron chi connectivity index (χ3n) is 3.83. The van der Waals surface area contributed by atoms with Crippen LogP contribution in [-0.2, 0) is 6.54 Å². The van der Waals surface area contributed by atoms with Crippen molar-refractivity contribution >= 4 is 11.7 Å². The average molecular weight is 276 g/mol. The summed E-state index contributed by atoms with van der Waals surface area (Å²) >= 11 is 0. The summed E-state index contributed by atoms with van der Waals surface area (Å²) in [5.41, 5.74) is 7.26. The van der Waals surface area contributed by atoms with E-state index in [-0.39, 0.29) is 5.56 Å². The maximum Gasteiger partial charge on any atom is 0.338 e. The third kappa shape index (κ3) is 3.73. The summed E-state index contributed by atoms with van der Waals surface area (Å²) < 4.78 is 0. The highest BCUT2D eigenvalue weighted by Crippen LogP contribution is 2.30. The Morgan fingerprint density at radius 1 is 1.45 bits per heavy atom. The number of anilines is 1. The molecule has 0 bridgehead atoms. The molecule has 4 heteroatoms. The minimum Gasteiger partial charge on any atom is -0.478 e. The van der Waals surface area contributed by atoms with Gasteiger partial charge in [0.15, 0.2) is 0 Å². The van der Waals surface area contributed by atoms with Crippen LogP contribution in [0.5, 0.6) is 0 Å². The number of benzene rings is 1. The van der Waals surface area contributed by atoms with Gasteiger partial charge in [-0.1, -0.05) is 26.0 Å². The summed E-state index contributed by atoms with van der Waals surface area (Å²) in [7, 11) is 0. The predicted octanol–water partition coefficient (Wildman–Crippen LogP) is 2.98. The molecule has 1 saturated carbocycles. The summed E-state index contributed by atoms with van der Waals surface area (Å²) in [6.07, 6.45) is 3.59. The van der Waals surface area contributed by atoms with Crippen molar-refractivity contribution in [3.8, 4) is 0 Å². The van der Waals surface area contributed by atoms with Gasteiger partial charge in [0.2, 0.25) is 0 Å². The standard InChI is InChI=1S/C16H24N2O2/c1-11(2)8-9-18(13-6-7-13)10-12-4-3-5-14(17)15(12)16(19)20/h3-5,11,13H,6-10,17H2,1-2H3,(H,19,20). The normalized spacial score (nSPS) is 15.0. The predicted molar refractivity (Wildman–Crippen MR) is 80.7 cm³/mol. The van der Waals surface area contributed by atoms with E-state index in [1.54, 1.807) is 6.07 Å². The van der Waals surface area contributed by atoms with Crippen LogP contribution in [-0.4, -0.2) is 28.6 Å². The molecule has 2 rings (SSSR count). The SMILES string of the molecule is CC(C)CCN(Cc1cccc(N)c1C(=O)O)C1CC1. The Kier molecular flexibility index (Phi) is 4.65. The molecule has 1 aliphatic carbocycles. The van der Waals surface area contributed by atoms with Crippen LogP contribution in [0.4, 0.5) is 5.69 Å². The lowest BCUT2D eigenvalue weighted by Crippen LogP contribution is -2.28. The molecule has 0 unspecified atom stereocenters. The molecule has 3 N–H and O–H groups in total. The molecule has 0 atom stereocenters. The number of aromatic carboxylic acids is 1. The number of carboxylic acids is 1. The van der Waals surface area contributed by atoms with Gasteiger partial charge in [-0.25, -0.2) is 4.79 Å². The molecule has 0 heterocycles. The molecule has 0 radical (unpaired) electrons. The molecule has 1 fully saturated rings. The number of hydrogen-bond acceptors (Lipinski definition) is 3. The number of hydrogen-bond donors (Lipinski definition) is 2. The minimum absolute atomic E-state index is 0.266. The number of nitrogens with zero attached hydrogens (tertiary/aromatic N) is 1. The first-order valence-electron chi connectivity index (χ1n) is 7.33. The maximum atomic E-state index is 11.4. The van der Waals surface area contributed by atoms with E-state index in [9.17, 15) is 9.90 Å². The van der Waals surface area contributed by atoms with Gasteiger partial charge in [0.1, 0.15) is 0 Å². The zero-order chi connectivity index (χ0) is 14.7. The Hall–Kier alpha value is -1.55. The van der Waals surface area contributed by atoms with E-state index in [0.717, 1.165) is 18.5 Å². The molecular formula is C16H24N2O2. The summed E-state index contributed by atoms with van der Waals surface area (Å²) in [4.78, 5) is 13.8. The van der Waals surface area contributed by atoms with Gasteiger partial charge in [0.05, 0.1) is 5.56 Å². The first-order chi connectivity index (χ1) is 9.49. The van der Waals surface area contributed by atoms with Gasteiger partial charge in [-0.05, 0) is 43.4 Å². The topological polar surface area (TPSA) is 66.6 Å². The molecule has 1 aliphatic rings. The molecule has 0 amide bonds. The number of carbonyl (C=O) groups is 1. The van der Waals surface area contributed by atoms with Crippen molar-refractivity contribution in [3.05, 3.63) is 29.3 Å². The van der Waals surface area contributed by atoms with Crippen molar-refractivity contribution in [2.24, 2.45) is 5.92 Å². The third-order valence-corrected chi connectivity index (χ3v) is 3.83. The zero-order valence-corrected chi connectivity index (χ0v) is 12.3. The maximum absolute atomic E-state index is 11.4. The monoisotopic (exact) mass is 276 g/mol. The fourth-order valence-electron chi connectivity index (χ4n) is 2.49. The Morgan fingerprint density at radius 2 is 2.15 bits per heavy atom. The quantitative estimate of drug-likeness (QED) is 0.751. The Bertz CT molecular complexity index is 481. The fourth-order valence-corrected chi connectivity index (χ4v) is 2.49. The second-order valence-corrected chi connectivity index (χ2v) is 6.07. The molecule has 1 aromatic carbocycles. The second-order valence-electron chi connectivity index (χ2n) is 6.07. The molecule has 20 heavy (non-hydrogen) atoms. The highest BCUT2D eigenvalue weighted by Gasteiger charge is 2.29. The lowest BCUT2D eigenvalue weighted by Gasteiger charge is -2.24. The van der Waals surface area contributed by atoms with Crippen LogP contribution >= 0.6 is 0 Å². The van der Waals surface area contributed by atoms with E-state index < -0.39 is 5.97 Å². The lowest BCUT2D eigenvalue weighted by atomic mass is 10.0. The number of nitrogens with two attached hydrogens (primary N) is 1. The number of nitrogen functional groups attached to an aromatic ring is 1. The van der Waals surface area contributed by atoms with Crippen LogP contribution < -0.4 is 5.73 Å². The van der Waals surface area contributed by atoms with Crippen LogP contribution in [0.2, 0.25) is 0 Å². The summed E-state index contributed by atoms with van der Waals surface area (Å²) in [5.74, 6) is -0.270. The highest BCUT2D eigenvalue weighted by molar-refractivity contribution is 5.95. The fraction of sp³-hybridized carbons (Fsp3) is 0.562. The molecule has 4 nitrogen and oxygen atoms in total. The van der Waals surface area contributed by atoms with Crippen molar-refractivity contribution < 1.29 is 9.90 Å². The van der Waals surface area contributed by atoms with E-state index in [2.05, 4.69) is 18.7 Å². The first kappa shape index (κ1) is 14.9. The summed E-state index contributed by atoms with van der Waals surface area (Å²) in [6, 6.07) is 5.99. The van der Waals surface area contributed by atoms with Gasteiger partial charge in [-0.2, -0.15) is 0 Å².